The Morgan fingerprint density at radius 2 is 2.03 bits per heavy atom. The summed E-state index contributed by atoms with van der Waals surface area (Å²) >= 11 is 6.14. The molecule has 10 heteroatoms. The fourth-order valence-electron chi connectivity index (χ4n) is 3.53. The van der Waals surface area contributed by atoms with Crippen LogP contribution in [0.3, 0.4) is 0 Å². The number of carboxylic acids is 1. The summed E-state index contributed by atoms with van der Waals surface area (Å²) in [5.74, 6) is 5.54. The maximum Gasteiger partial charge on any atom is 0.412 e. The fourth-order valence-corrected chi connectivity index (χ4v) is 3.82. The van der Waals surface area contributed by atoms with Crippen molar-refractivity contribution < 1.29 is 32.8 Å². The number of aromatic nitrogens is 1. The van der Waals surface area contributed by atoms with Gasteiger partial charge in [-0.05, 0) is 43.7 Å². The standard InChI is InChI=1S/C24H17ClN2O7/c1-13(16-4-2-3-5-17(16)25)31-23(30)27-18-12-26-34-19(18)7-6-15-10-14-11-20(33-21(14)32-15)24(8-9-24)22(28)29/h2-5,10-13H,8-9H2,1H3,(H,27,30)(H,28,29). The normalized spacial score (nSPS) is 14.8. The Balaban J connectivity index is 1.27. The third-order valence-electron chi connectivity index (χ3n) is 5.58. The zero-order chi connectivity index (χ0) is 23.9. The number of hydrogen-bond donors (Lipinski definition) is 2. The van der Waals surface area contributed by atoms with Crippen LogP contribution in [0.4, 0.5) is 10.5 Å². The van der Waals surface area contributed by atoms with Gasteiger partial charge in [0.25, 0.3) is 5.78 Å². The smallest absolute Gasteiger partial charge is 0.412 e. The molecular formula is C24H17ClN2O7. The topological polar surface area (TPSA) is 128 Å². The highest BCUT2D eigenvalue weighted by molar-refractivity contribution is 6.31. The summed E-state index contributed by atoms with van der Waals surface area (Å²) in [7, 11) is 0. The molecule has 0 saturated heterocycles. The molecule has 0 aliphatic heterocycles. The Labute approximate surface area is 197 Å². The van der Waals surface area contributed by atoms with Gasteiger partial charge < -0.3 is 23.2 Å². The molecule has 9 nitrogen and oxygen atoms in total. The molecule has 3 heterocycles. The lowest BCUT2D eigenvalue weighted by Gasteiger charge is -2.14. The summed E-state index contributed by atoms with van der Waals surface area (Å²) in [6.07, 6.45) is 1.06. The van der Waals surface area contributed by atoms with Crippen LogP contribution in [0.15, 0.2) is 56.0 Å². The van der Waals surface area contributed by atoms with E-state index < -0.39 is 23.6 Å². The summed E-state index contributed by atoms with van der Waals surface area (Å²) in [5.41, 5.74) is -0.0597. The van der Waals surface area contributed by atoms with Crippen molar-refractivity contribution in [3.05, 3.63) is 70.5 Å². The van der Waals surface area contributed by atoms with E-state index in [-0.39, 0.29) is 23.0 Å². The number of nitrogens with zero attached hydrogens (tertiary/aromatic N) is 1. The summed E-state index contributed by atoms with van der Waals surface area (Å²) in [5, 5.41) is 16.7. The highest BCUT2D eigenvalue weighted by atomic mass is 35.5. The molecule has 172 valence electrons. The first-order valence-corrected chi connectivity index (χ1v) is 10.7. The van der Waals surface area contributed by atoms with E-state index in [1.807, 2.05) is 0 Å². The average Bonchev–Trinajstić information content (AvgIpc) is 3.12. The van der Waals surface area contributed by atoms with Gasteiger partial charge in [0, 0.05) is 16.7 Å². The molecule has 1 fully saturated rings. The Kier molecular flexibility index (Phi) is 5.30. The second kappa shape index (κ2) is 8.32. The largest absolute Gasteiger partial charge is 0.480 e. The number of rotatable bonds is 5. The van der Waals surface area contributed by atoms with E-state index >= 15 is 0 Å². The number of benzene rings is 1. The molecule has 1 saturated carbocycles. The Bertz CT molecular complexity index is 1430. The van der Waals surface area contributed by atoms with Gasteiger partial charge in [-0.3, -0.25) is 10.1 Å². The van der Waals surface area contributed by atoms with Crippen LogP contribution in [-0.4, -0.2) is 22.3 Å². The molecule has 1 aliphatic rings. The average molecular weight is 481 g/mol. The summed E-state index contributed by atoms with van der Waals surface area (Å²) in [6, 6.07) is 10.4. The number of carboxylic acid groups (broad SMARTS) is 1. The number of fused-ring (bicyclic) bond motifs is 1. The highest BCUT2D eigenvalue weighted by Gasteiger charge is 2.54. The Morgan fingerprint density at radius 1 is 1.24 bits per heavy atom. The van der Waals surface area contributed by atoms with Crippen LogP contribution in [-0.2, 0) is 14.9 Å². The molecule has 1 amide bonds. The van der Waals surface area contributed by atoms with Gasteiger partial charge in [-0.2, -0.15) is 0 Å². The third-order valence-corrected chi connectivity index (χ3v) is 5.92. The first-order chi connectivity index (χ1) is 16.4. The molecule has 1 unspecified atom stereocenters. The lowest BCUT2D eigenvalue weighted by atomic mass is 10.0. The maximum absolute atomic E-state index is 12.3. The third kappa shape index (κ3) is 4.00. The summed E-state index contributed by atoms with van der Waals surface area (Å²) in [4.78, 5) is 23.8. The van der Waals surface area contributed by atoms with Crippen LogP contribution in [0.2, 0.25) is 5.02 Å². The van der Waals surface area contributed by atoms with Gasteiger partial charge in [-0.25, -0.2) is 4.79 Å². The first kappa shape index (κ1) is 21.7. The highest BCUT2D eigenvalue weighted by Crippen LogP contribution is 2.50. The van der Waals surface area contributed by atoms with E-state index in [4.69, 9.17) is 29.7 Å². The molecule has 5 rings (SSSR count). The molecule has 3 aromatic heterocycles. The molecule has 1 aliphatic carbocycles. The van der Waals surface area contributed by atoms with Gasteiger partial charge in [0.2, 0.25) is 5.76 Å². The number of ether oxygens (including phenoxy) is 1. The van der Waals surface area contributed by atoms with Gasteiger partial charge in [0.1, 0.15) is 23.0 Å². The minimum absolute atomic E-state index is 0.0962. The second-order valence-corrected chi connectivity index (χ2v) is 8.27. The van der Waals surface area contributed by atoms with Gasteiger partial charge in [-0.15, -0.1) is 0 Å². The number of aliphatic carboxylic acids is 1. The molecule has 2 N–H and O–H groups in total. The number of halogens is 1. The van der Waals surface area contributed by atoms with E-state index in [2.05, 4.69) is 22.3 Å². The summed E-state index contributed by atoms with van der Waals surface area (Å²) < 4.78 is 21.6. The molecule has 34 heavy (non-hydrogen) atoms. The zero-order valence-corrected chi connectivity index (χ0v) is 18.5. The number of carbonyl (C=O) groups excluding carboxylic acids is 1. The predicted molar refractivity (Wildman–Crippen MR) is 119 cm³/mol. The number of furan rings is 2. The molecular weight excluding hydrogens is 464 g/mol. The molecule has 1 atom stereocenters. The van der Waals surface area contributed by atoms with Crippen molar-refractivity contribution in [2.75, 3.05) is 5.32 Å². The van der Waals surface area contributed by atoms with Crippen LogP contribution in [0.5, 0.6) is 0 Å². The van der Waals surface area contributed by atoms with Crippen molar-refractivity contribution in [1.82, 2.24) is 5.16 Å². The zero-order valence-electron chi connectivity index (χ0n) is 17.8. The number of anilines is 1. The van der Waals surface area contributed by atoms with Crippen molar-refractivity contribution >= 4 is 40.5 Å². The quantitative estimate of drug-likeness (QED) is 0.359. The van der Waals surface area contributed by atoms with Crippen molar-refractivity contribution in [2.45, 2.75) is 31.3 Å². The molecule has 0 spiro atoms. The number of amides is 1. The monoisotopic (exact) mass is 480 g/mol. The lowest BCUT2D eigenvalue weighted by Crippen LogP contribution is -2.18. The second-order valence-electron chi connectivity index (χ2n) is 7.86. The predicted octanol–water partition coefficient (Wildman–Crippen LogP) is 5.49. The van der Waals surface area contributed by atoms with Crippen molar-refractivity contribution in [3.8, 4) is 11.8 Å². The fraction of sp³-hybridized carbons (Fsp3) is 0.208. The molecule has 1 aromatic carbocycles. The van der Waals surface area contributed by atoms with Crippen LogP contribution in [0, 0.1) is 11.8 Å². The van der Waals surface area contributed by atoms with Gasteiger partial charge in [0.05, 0.1) is 11.6 Å². The minimum atomic E-state index is -0.953. The van der Waals surface area contributed by atoms with Crippen molar-refractivity contribution in [3.63, 3.8) is 0 Å². The van der Waals surface area contributed by atoms with E-state index in [0.717, 1.165) is 0 Å². The lowest BCUT2D eigenvalue weighted by molar-refractivity contribution is -0.140. The molecule has 4 aromatic rings. The van der Waals surface area contributed by atoms with Crippen LogP contribution in [0.1, 0.15) is 48.7 Å². The maximum atomic E-state index is 12.3. The summed E-state index contributed by atoms with van der Waals surface area (Å²) in [6.45, 7) is 1.70. The van der Waals surface area contributed by atoms with Gasteiger partial charge in [0.15, 0.2) is 5.76 Å². The molecule has 0 bridgehead atoms. The van der Waals surface area contributed by atoms with E-state index in [1.165, 1.54) is 6.20 Å². The first-order valence-electron chi connectivity index (χ1n) is 10.3. The van der Waals surface area contributed by atoms with E-state index in [9.17, 15) is 14.7 Å². The molecule has 0 radical (unpaired) electrons. The Hall–Kier alpha value is -4.16. The van der Waals surface area contributed by atoms with Crippen LogP contribution in [0.25, 0.3) is 11.2 Å². The number of nitrogens with one attached hydrogen (secondary N) is 1. The van der Waals surface area contributed by atoms with E-state index in [0.29, 0.717) is 34.6 Å². The number of hydrogen-bond acceptors (Lipinski definition) is 7. The Morgan fingerprint density at radius 3 is 2.74 bits per heavy atom. The van der Waals surface area contributed by atoms with Gasteiger partial charge in [-0.1, -0.05) is 35.0 Å². The van der Waals surface area contributed by atoms with Gasteiger partial charge >= 0.3 is 12.1 Å². The van der Waals surface area contributed by atoms with Crippen molar-refractivity contribution in [2.24, 2.45) is 0 Å². The van der Waals surface area contributed by atoms with Crippen LogP contribution >= 0.6 is 11.6 Å². The van der Waals surface area contributed by atoms with E-state index in [1.54, 1.807) is 43.3 Å². The van der Waals surface area contributed by atoms with Crippen molar-refractivity contribution in [1.29, 1.82) is 0 Å². The van der Waals surface area contributed by atoms with Crippen LogP contribution < -0.4 is 5.32 Å². The minimum Gasteiger partial charge on any atom is -0.480 e. The number of carbonyl (C=O) groups is 2. The SMILES string of the molecule is CC(OC(=O)Nc1cnoc1C#Cc1cc2cc(C3(C(=O)O)CC3)oc2o1)c1ccccc1Cl.